The second kappa shape index (κ2) is 4.77. The molecular formula is C15H13N3O2. The summed E-state index contributed by atoms with van der Waals surface area (Å²) in [5, 5.41) is 3.16. The molecule has 20 heavy (non-hydrogen) atoms. The zero-order valence-electron chi connectivity index (χ0n) is 11.2. The maximum atomic E-state index is 11.2. The Morgan fingerprint density at radius 3 is 2.55 bits per heavy atom. The topological polar surface area (TPSA) is 56.0 Å². The van der Waals surface area contributed by atoms with Crippen LogP contribution in [0, 0.1) is 11.8 Å². The van der Waals surface area contributed by atoms with Crippen molar-refractivity contribution in [3.05, 3.63) is 53.1 Å². The van der Waals surface area contributed by atoms with Crippen LogP contribution in [0.25, 0.3) is 16.9 Å². The molecule has 5 nitrogen and oxygen atoms in total. The number of imidazole rings is 1. The molecule has 100 valence electrons. The van der Waals surface area contributed by atoms with Gasteiger partial charge in [0.15, 0.2) is 0 Å². The summed E-state index contributed by atoms with van der Waals surface area (Å²) >= 11 is 0. The van der Waals surface area contributed by atoms with E-state index >= 15 is 0 Å². The van der Waals surface area contributed by atoms with Gasteiger partial charge in [-0.05, 0) is 48.5 Å². The van der Waals surface area contributed by atoms with E-state index in [4.69, 9.17) is 4.74 Å². The summed E-state index contributed by atoms with van der Waals surface area (Å²) in [6.45, 7) is 1.92. The standard InChI is InChI=1S/C15H13N3O2/c1-10-4-3-5-13-16-14(15(17-19)18(10)13)11-6-8-12(20-2)9-7-11/h3-9H,1-2H3. The lowest BCUT2D eigenvalue weighted by Crippen LogP contribution is -1.88. The Labute approximate surface area is 115 Å². The molecule has 0 amide bonds. The summed E-state index contributed by atoms with van der Waals surface area (Å²) in [5.74, 6) is 1.08. The normalized spacial score (nSPS) is 10.7. The van der Waals surface area contributed by atoms with Gasteiger partial charge in [-0.25, -0.2) is 4.98 Å². The highest BCUT2D eigenvalue weighted by atomic mass is 16.5. The van der Waals surface area contributed by atoms with Crippen LogP contribution in [0.15, 0.2) is 47.6 Å². The van der Waals surface area contributed by atoms with Gasteiger partial charge in [0.2, 0.25) is 5.82 Å². The Hall–Kier alpha value is -2.69. The first-order valence-corrected chi connectivity index (χ1v) is 6.20. The lowest BCUT2D eigenvalue weighted by atomic mass is 10.1. The quantitative estimate of drug-likeness (QED) is 0.679. The van der Waals surface area contributed by atoms with Crippen LogP contribution in [-0.2, 0) is 0 Å². The van der Waals surface area contributed by atoms with Gasteiger partial charge in [-0.1, -0.05) is 6.07 Å². The molecule has 0 aliphatic carbocycles. The Bertz CT molecular complexity index is 776. The minimum atomic E-state index is 0.322. The van der Waals surface area contributed by atoms with Crippen molar-refractivity contribution < 1.29 is 4.74 Å². The van der Waals surface area contributed by atoms with Gasteiger partial charge in [0, 0.05) is 11.3 Å². The molecular weight excluding hydrogens is 254 g/mol. The SMILES string of the molecule is COc1ccc(-c2nc3cccc(C)n3c2N=O)cc1. The first-order chi connectivity index (χ1) is 9.74. The molecule has 0 atom stereocenters. The highest BCUT2D eigenvalue weighted by Crippen LogP contribution is 2.32. The van der Waals surface area contributed by atoms with Crippen LogP contribution in [0.2, 0.25) is 0 Å². The number of methoxy groups -OCH3 is 1. The number of hydrogen-bond donors (Lipinski definition) is 0. The maximum absolute atomic E-state index is 11.2. The van der Waals surface area contributed by atoms with Gasteiger partial charge >= 0.3 is 0 Å². The number of nitroso groups, excluding NO2 is 1. The highest BCUT2D eigenvalue weighted by Gasteiger charge is 2.15. The molecule has 0 bridgehead atoms. The zero-order chi connectivity index (χ0) is 14.1. The predicted molar refractivity (Wildman–Crippen MR) is 77.4 cm³/mol. The van der Waals surface area contributed by atoms with E-state index in [0.29, 0.717) is 17.2 Å². The van der Waals surface area contributed by atoms with Gasteiger partial charge < -0.3 is 4.74 Å². The second-order valence-corrected chi connectivity index (χ2v) is 4.46. The van der Waals surface area contributed by atoms with Gasteiger partial charge in [0.25, 0.3) is 0 Å². The van der Waals surface area contributed by atoms with Crippen molar-refractivity contribution in [2.24, 2.45) is 5.18 Å². The van der Waals surface area contributed by atoms with E-state index in [9.17, 15) is 4.91 Å². The monoisotopic (exact) mass is 267 g/mol. The largest absolute Gasteiger partial charge is 0.497 e. The average molecular weight is 267 g/mol. The van der Waals surface area contributed by atoms with Crippen molar-refractivity contribution >= 4 is 11.5 Å². The third-order valence-corrected chi connectivity index (χ3v) is 3.26. The summed E-state index contributed by atoms with van der Waals surface area (Å²) in [4.78, 5) is 15.7. The zero-order valence-corrected chi connectivity index (χ0v) is 11.2. The van der Waals surface area contributed by atoms with E-state index in [1.54, 1.807) is 11.5 Å². The molecule has 0 aliphatic rings. The van der Waals surface area contributed by atoms with Crippen molar-refractivity contribution in [3.63, 3.8) is 0 Å². The summed E-state index contributed by atoms with van der Waals surface area (Å²) in [5.41, 5.74) is 3.05. The van der Waals surface area contributed by atoms with E-state index in [0.717, 1.165) is 17.0 Å². The first-order valence-electron chi connectivity index (χ1n) is 6.20. The maximum Gasteiger partial charge on any atom is 0.209 e. The van der Waals surface area contributed by atoms with E-state index in [-0.39, 0.29) is 0 Å². The Kier molecular flexibility index (Phi) is 2.95. The van der Waals surface area contributed by atoms with Crippen molar-refractivity contribution in [3.8, 4) is 17.0 Å². The molecule has 3 aromatic rings. The Morgan fingerprint density at radius 2 is 1.90 bits per heavy atom. The number of nitrogens with zero attached hydrogens (tertiary/aromatic N) is 3. The lowest BCUT2D eigenvalue weighted by Gasteiger charge is -2.02. The van der Waals surface area contributed by atoms with Gasteiger partial charge in [-0.2, -0.15) is 0 Å². The van der Waals surface area contributed by atoms with E-state index in [1.165, 1.54) is 0 Å². The molecule has 0 spiro atoms. The van der Waals surface area contributed by atoms with E-state index < -0.39 is 0 Å². The van der Waals surface area contributed by atoms with Crippen molar-refractivity contribution in [1.29, 1.82) is 0 Å². The number of benzene rings is 1. The molecule has 5 heteroatoms. The van der Waals surface area contributed by atoms with E-state index in [2.05, 4.69) is 10.2 Å². The molecule has 0 fully saturated rings. The number of hydrogen-bond acceptors (Lipinski definition) is 4. The summed E-state index contributed by atoms with van der Waals surface area (Å²) in [7, 11) is 1.61. The van der Waals surface area contributed by atoms with Gasteiger partial charge in [-0.3, -0.25) is 4.40 Å². The number of pyridine rings is 1. The number of fused-ring (bicyclic) bond motifs is 1. The third kappa shape index (κ3) is 1.84. The summed E-state index contributed by atoms with van der Waals surface area (Å²) in [6, 6.07) is 13.1. The fraction of sp³-hybridized carbons (Fsp3) is 0.133. The molecule has 0 saturated heterocycles. The molecule has 1 aromatic carbocycles. The molecule has 2 heterocycles. The fourth-order valence-electron chi connectivity index (χ4n) is 2.26. The smallest absolute Gasteiger partial charge is 0.209 e. The number of ether oxygens (including phenoxy) is 1. The van der Waals surface area contributed by atoms with Crippen LogP contribution >= 0.6 is 0 Å². The molecule has 0 aliphatic heterocycles. The van der Waals surface area contributed by atoms with Crippen LogP contribution in [-0.4, -0.2) is 16.5 Å². The van der Waals surface area contributed by atoms with Crippen molar-refractivity contribution in [2.75, 3.05) is 7.11 Å². The molecule has 2 aromatic heterocycles. The second-order valence-electron chi connectivity index (χ2n) is 4.46. The average Bonchev–Trinajstić information content (AvgIpc) is 2.87. The number of aryl methyl sites for hydroxylation is 1. The number of rotatable bonds is 3. The molecule has 0 N–H and O–H groups in total. The van der Waals surface area contributed by atoms with Crippen LogP contribution < -0.4 is 4.74 Å². The molecule has 0 unspecified atom stereocenters. The van der Waals surface area contributed by atoms with Crippen LogP contribution in [0.3, 0.4) is 0 Å². The minimum absolute atomic E-state index is 0.322. The Morgan fingerprint density at radius 1 is 1.15 bits per heavy atom. The molecule has 0 radical (unpaired) electrons. The number of aromatic nitrogens is 2. The van der Waals surface area contributed by atoms with Gasteiger partial charge in [0.1, 0.15) is 17.1 Å². The van der Waals surface area contributed by atoms with Crippen LogP contribution in [0.4, 0.5) is 5.82 Å². The summed E-state index contributed by atoms with van der Waals surface area (Å²) < 4.78 is 6.89. The molecule has 0 saturated carbocycles. The minimum Gasteiger partial charge on any atom is -0.497 e. The third-order valence-electron chi connectivity index (χ3n) is 3.26. The first kappa shape index (κ1) is 12.3. The van der Waals surface area contributed by atoms with Crippen LogP contribution in [0.5, 0.6) is 5.75 Å². The molecule has 3 rings (SSSR count). The van der Waals surface area contributed by atoms with Gasteiger partial charge in [-0.15, -0.1) is 4.91 Å². The lowest BCUT2D eigenvalue weighted by molar-refractivity contribution is 0.415. The van der Waals surface area contributed by atoms with Crippen molar-refractivity contribution in [1.82, 2.24) is 9.38 Å². The van der Waals surface area contributed by atoms with Crippen LogP contribution in [0.1, 0.15) is 5.69 Å². The predicted octanol–water partition coefficient (Wildman–Crippen LogP) is 3.72. The van der Waals surface area contributed by atoms with Gasteiger partial charge in [0.05, 0.1) is 7.11 Å². The highest BCUT2D eigenvalue weighted by molar-refractivity contribution is 5.75. The van der Waals surface area contributed by atoms with E-state index in [1.807, 2.05) is 49.4 Å². The van der Waals surface area contributed by atoms with Crippen molar-refractivity contribution in [2.45, 2.75) is 6.92 Å². The Balaban J connectivity index is 2.24. The summed E-state index contributed by atoms with van der Waals surface area (Å²) in [6.07, 6.45) is 0. The fourth-order valence-corrected chi connectivity index (χ4v) is 2.26.